The quantitative estimate of drug-likeness (QED) is 0.938. The van der Waals surface area contributed by atoms with Crippen molar-refractivity contribution < 1.29 is 18.4 Å². The molecule has 1 N–H and O–H groups in total. The number of amides is 2. The average molecular weight is 331 g/mol. The molecule has 1 aliphatic rings. The van der Waals surface area contributed by atoms with E-state index < -0.39 is 23.2 Å². The molecule has 0 saturated carbocycles. The number of nitrogens with zero attached hydrogens (tertiary/aromatic N) is 2. The van der Waals surface area contributed by atoms with Gasteiger partial charge < -0.3 is 10.2 Å². The van der Waals surface area contributed by atoms with Gasteiger partial charge in [0.25, 0.3) is 5.91 Å². The predicted molar refractivity (Wildman–Crippen MR) is 83.7 cm³/mol. The molecule has 7 heteroatoms. The number of hydrogen-bond donors (Lipinski definition) is 1. The molecule has 3 rings (SSSR count). The summed E-state index contributed by atoms with van der Waals surface area (Å²) in [5.74, 6) is -2.88. The molecule has 1 atom stereocenters. The van der Waals surface area contributed by atoms with Gasteiger partial charge in [-0.2, -0.15) is 0 Å². The molecule has 0 aliphatic carbocycles. The highest BCUT2D eigenvalue weighted by molar-refractivity contribution is 5.97. The van der Waals surface area contributed by atoms with Gasteiger partial charge in [0, 0.05) is 37.7 Å². The van der Waals surface area contributed by atoms with E-state index in [9.17, 15) is 18.4 Å². The smallest absolute Gasteiger partial charge is 0.272 e. The third-order valence-electron chi connectivity index (χ3n) is 4.06. The maximum Gasteiger partial charge on any atom is 0.272 e. The van der Waals surface area contributed by atoms with Gasteiger partial charge in [-0.15, -0.1) is 0 Å². The molecular formula is C17H15F2N3O2. The van der Waals surface area contributed by atoms with E-state index >= 15 is 0 Å². The lowest BCUT2D eigenvalue weighted by Gasteiger charge is -2.31. The fourth-order valence-corrected chi connectivity index (χ4v) is 2.79. The Morgan fingerprint density at radius 1 is 1.38 bits per heavy atom. The van der Waals surface area contributed by atoms with E-state index in [1.807, 2.05) is 24.3 Å². The van der Waals surface area contributed by atoms with Crippen molar-refractivity contribution in [3.05, 3.63) is 59.4 Å². The summed E-state index contributed by atoms with van der Waals surface area (Å²) >= 11 is 0. The van der Waals surface area contributed by atoms with Crippen LogP contribution in [0, 0.1) is 11.6 Å². The molecule has 1 aliphatic heterocycles. The largest absolute Gasteiger partial charge is 0.350 e. The van der Waals surface area contributed by atoms with Crippen LogP contribution in [0.4, 0.5) is 14.5 Å². The Bertz CT molecular complexity index is 810. The minimum absolute atomic E-state index is 0.0564. The first kappa shape index (κ1) is 16.0. The Morgan fingerprint density at radius 3 is 2.88 bits per heavy atom. The monoisotopic (exact) mass is 331 g/mol. The second-order valence-electron chi connectivity index (χ2n) is 5.61. The summed E-state index contributed by atoms with van der Waals surface area (Å²) in [7, 11) is 1.70. The lowest BCUT2D eigenvalue weighted by molar-refractivity contribution is -0.119. The van der Waals surface area contributed by atoms with Crippen molar-refractivity contribution in [3.8, 4) is 0 Å². The molecular weight excluding hydrogens is 316 g/mol. The molecule has 5 nitrogen and oxygen atoms in total. The maximum absolute atomic E-state index is 13.6. The molecule has 2 aromatic rings. The van der Waals surface area contributed by atoms with Gasteiger partial charge in [0.2, 0.25) is 5.91 Å². The Kier molecular flexibility index (Phi) is 4.24. The van der Waals surface area contributed by atoms with Gasteiger partial charge in [-0.3, -0.25) is 9.59 Å². The molecule has 1 aromatic heterocycles. The van der Waals surface area contributed by atoms with Gasteiger partial charge in [-0.25, -0.2) is 13.8 Å². The molecule has 0 unspecified atom stereocenters. The highest BCUT2D eigenvalue weighted by Gasteiger charge is 2.29. The minimum Gasteiger partial charge on any atom is -0.350 e. The van der Waals surface area contributed by atoms with Crippen LogP contribution < -0.4 is 10.2 Å². The Balaban J connectivity index is 1.76. The maximum atomic E-state index is 13.6. The number of anilines is 1. The zero-order chi connectivity index (χ0) is 17.3. The van der Waals surface area contributed by atoms with Crippen LogP contribution in [0.25, 0.3) is 0 Å². The second-order valence-corrected chi connectivity index (χ2v) is 5.61. The summed E-state index contributed by atoms with van der Waals surface area (Å²) < 4.78 is 26.5. The van der Waals surface area contributed by atoms with Crippen LogP contribution in [-0.2, 0) is 4.79 Å². The molecule has 124 valence electrons. The van der Waals surface area contributed by atoms with E-state index in [2.05, 4.69) is 10.3 Å². The highest BCUT2D eigenvalue weighted by atomic mass is 19.1. The molecule has 0 spiro atoms. The number of hydrogen-bond acceptors (Lipinski definition) is 3. The number of rotatable bonds is 3. The van der Waals surface area contributed by atoms with E-state index in [4.69, 9.17) is 0 Å². The van der Waals surface area contributed by atoms with E-state index in [0.29, 0.717) is 6.07 Å². The zero-order valence-corrected chi connectivity index (χ0v) is 12.9. The van der Waals surface area contributed by atoms with E-state index in [1.54, 1.807) is 11.9 Å². The molecule has 2 amide bonds. The number of pyridine rings is 1. The first-order chi connectivity index (χ1) is 11.5. The summed E-state index contributed by atoms with van der Waals surface area (Å²) in [6.07, 6.45) is 1.03. The third kappa shape index (κ3) is 2.97. The van der Waals surface area contributed by atoms with Crippen LogP contribution in [0.2, 0.25) is 0 Å². The van der Waals surface area contributed by atoms with Gasteiger partial charge in [0.1, 0.15) is 5.82 Å². The number of benzene rings is 1. The van der Waals surface area contributed by atoms with Crippen LogP contribution in [0.1, 0.15) is 28.4 Å². The number of para-hydroxylation sites is 1. The number of aromatic nitrogens is 1. The summed E-state index contributed by atoms with van der Waals surface area (Å²) in [4.78, 5) is 29.2. The normalized spacial score (nSPS) is 16.7. The standard InChI is InChI=1S/C17H15F2N3O2/c1-22-14-5-3-2-4-12(14)10(6-15(22)23)8-21-17(24)16-13(19)7-11(18)9-20-16/h2-5,7,9-10H,6,8H2,1H3,(H,21,24)/t10-/m1/s1. The lowest BCUT2D eigenvalue weighted by Crippen LogP contribution is -2.38. The predicted octanol–water partition coefficient (Wildman–Crippen LogP) is 2.24. The first-order valence-corrected chi connectivity index (χ1v) is 7.42. The minimum atomic E-state index is -1.02. The Labute approximate surface area is 137 Å². The summed E-state index contributed by atoms with van der Waals surface area (Å²) in [5.41, 5.74) is 1.26. The average Bonchev–Trinajstić information content (AvgIpc) is 2.56. The van der Waals surface area contributed by atoms with E-state index in [0.717, 1.165) is 17.4 Å². The van der Waals surface area contributed by atoms with Crippen molar-refractivity contribution in [1.29, 1.82) is 0 Å². The Morgan fingerprint density at radius 2 is 2.12 bits per heavy atom. The zero-order valence-electron chi connectivity index (χ0n) is 12.9. The van der Waals surface area contributed by atoms with Gasteiger partial charge in [0.05, 0.1) is 6.20 Å². The van der Waals surface area contributed by atoms with Gasteiger partial charge in [-0.05, 0) is 11.6 Å². The number of halogens is 2. The molecule has 24 heavy (non-hydrogen) atoms. The number of carbonyl (C=O) groups is 2. The fourth-order valence-electron chi connectivity index (χ4n) is 2.79. The van der Waals surface area contributed by atoms with Crippen molar-refractivity contribution in [2.24, 2.45) is 0 Å². The van der Waals surface area contributed by atoms with Crippen LogP contribution in [0.15, 0.2) is 36.5 Å². The van der Waals surface area contributed by atoms with Crippen molar-refractivity contribution in [1.82, 2.24) is 10.3 Å². The van der Waals surface area contributed by atoms with E-state index in [1.165, 1.54) is 0 Å². The molecule has 0 radical (unpaired) electrons. The van der Waals surface area contributed by atoms with Crippen LogP contribution in [0.3, 0.4) is 0 Å². The summed E-state index contributed by atoms with van der Waals surface area (Å²) in [5, 5.41) is 2.57. The molecule has 0 fully saturated rings. The number of nitrogens with one attached hydrogen (secondary N) is 1. The van der Waals surface area contributed by atoms with Gasteiger partial charge in [-0.1, -0.05) is 18.2 Å². The van der Waals surface area contributed by atoms with Crippen LogP contribution >= 0.6 is 0 Å². The van der Waals surface area contributed by atoms with E-state index in [-0.39, 0.29) is 24.8 Å². The molecule has 1 aromatic carbocycles. The highest BCUT2D eigenvalue weighted by Crippen LogP contribution is 2.34. The third-order valence-corrected chi connectivity index (χ3v) is 4.06. The van der Waals surface area contributed by atoms with Crippen molar-refractivity contribution >= 4 is 17.5 Å². The number of fused-ring (bicyclic) bond motifs is 1. The topological polar surface area (TPSA) is 62.3 Å². The second kappa shape index (κ2) is 6.35. The SMILES string of the molecule is CN1C(=O)C[C@H](CNC(=O)c2ncc(F)cc2F)c2ccccc21. The van der Waals surface area contributed by atoms with Crippen molar-refractivity contribution in [2.45, 2.75) is 12.3 Å². The van der Waals surface area contributed by atoms with Crippen molar-refractivity contribution in [2.75, 3.05) is 18.5 Å². The fraction of sp³-hybridized carbons (Fsp3) is 0.235. The molecule has 2 heterocycles. The van der Waals surface area contributed by atoms with Gasteiger partial charge >= 0.3 is 0 Å². The van der Waals surface area contributed by atoms with Gasteiger partial charge in [0.15, 0.2) is 11.5 Å². The molecule has 0 bridgehead atoms. The lowest BCUT2D eigenvalue weighted by atomic mass is 9.89. The first-order valence-electron chi connectivity index (χ1n) is 7.42. The van der Waals surface area contributed by atoms with Crippen LogP contribution in [0.5, 0.6) is 0 Å². The Hall–Kier alpha value is -2.83. The summed E-state index contributed by atoms with van der Waals surface area (Å²) in [6.45, 7) is 0.161. The molecule has 0 saturated heterocycles. The summed E-state index contributed by atoms with van der Waals surface area (Å²) in [6, 6.07) is 8.03. The van der Waals surface area contributed by atoms with Crippen LogP contribution in [-0.4, -0.2) is 30.4 Å². The van der Waals surface area contributed by atoms with Crippen molar-refractivity contribution in [3.63, 3.8) is 0 Å². The number of carbonyl (C=O) groups excluding carboxylic acids is 2.